The number of aromatic nitrogens is 1. The molecule has 11 heteroatoms. The van der Waals surface area contributed by atoms with Crippen molar-refractivity contribution < 1.29 is 34.1 Å². The van der Waals surface area contributed by atoms with Crippen LogP contribution in [0.4, 0.5) is 0 Å². The van der Waals surface area contributed by atoms with Crippen LogP contribution in [0.1, 0.15) is 48.7 Å². The standard InChI is InChI=1S/C32H38IN3O7/c1-3-4-9-29(39)36(12-10-23-16-21-7-5-6-8-25(21)35-23)26-17-22(32(41)34-11-13-37)18-27(30(26)40)43-31-24(33)14-20(19-38)15-28(31)42-2/h5-8,14-16,18-19,26-27,30,35,37,40H,3-4,9-13,17H2,1-2H3,(H,34,41). The van der Waals surface area contributed by atoms with E-state index in [0.717, 1.165) is 23.0 Å². The Bertz CT molecular complexity index is 1440. The SMILES string of the molecule is CCCCC(=O)N(CCc1cc2ccccc2[nH]1)C1CC(C(=O)NCCO)=CC(Oc2c(I)cc(C=O)cc2OC)C1O. The van der Waals surface area contributed by atoms with E-state index in [1.165, 1.54) is 13.2 Å². The molecule has 0 bridgehead atoms. The molecule has 10 nitrogen and oxygen atoms in total. The molecule has 2 aromatic carbocycles. The van der Waals surface area contributed by atoms with Gasteiger partial charge in [-0.3, -0.25) is 14.4 Å². The van der Waals surface area contributed by atoms with Gasteiger partial charge in [0, 0.05) is 54.7 Å². The number of para-hydroxylation sites is 1. The van der Waals surface area contributed by atoms with Gasteiger partial charge < -0.3 is 34.9 Å². The molecule has 1 aromatic heterocycles. The Labute approximate surface area is 264 Å². The largest absolute Gasteiger partial charge is 0.493 e. The zero-order valence-electron chi connectivity index (χ0n) is 24.3. The summed E-state index contributed by atoms with van der Waals surface area (Å²) in [6, 6.07) is 12.4. The molecular weight excluding hydrogens is 665 g/mol. The van der Waals surface area contributed by atoms with Gasteiger partial charge in [-0.05, 0) is 64.7 Å². The Morgan fingerprint density at radius 2 is 2.02 bits per heavy atom. The monoisotopic (exact) mass is 703 g/mol. The highest BCUT2D eigenvalue weighted by Crippen LogP contribution is 2.37. The smallest absolute Gasteiger partial charge is 0.247 e. The summed E-state index contributed by atoms with van der Waals surface area (Å²) < 4.78 is 12.4. The van der Waals surface area contributed by atoms with Crippen LogP contribution in [-0.2, 0) is 16.0 Å². The van der Waals surface area contributed by atoms with E-state index in [9.17, 15) is 24.6 Å². The van der Waals surface area contributed by atoms with E-state index in [2.05, 4.69) is 16.4 Å². The number of halogens is 1. The first-order chi connectivity index (χ1) is 20.8. The number of unbranched alkanes of at least 4 members (excludes halogenated alkanes) is 1. The lowest BCUT2D eigenvalue weighted by atomic mass is 9.87. The minimum absolute atomic E-state index is 0.0628. The van der Waals surface area contributed by atoms with Crippen molar-refractivity contribution in [3.63, 3.8) is 0 Å². The maximum atomic E-state index is 13.6. The van der Waals surface area contributed by atoms with E-state index in [1.54, 1.807) is 17.0 Å². The molecule has 2 amide bonds. The van der Waals surface area contributed by atoms with Crippen molar-refractivity contribution >= 4 is 51.6 Å². The lowest BCUT2D eigenvalue weighted by Crippen LogP contribution is -2.55. The molecule has 1 heterocycles. The number of nitrogens with one attached hydrogen (secondary N) is 2. The molecule has 3 aromatic rings. The minimum Gasteiger partial charge on any atom is -0.493 e. The van der Waals surface area contributed by atoms with Crippen LogP contribution in [0.2, 0.25) is 0 Å². The van der Waals surface area contributed by atoms with Crippen molar-refractivity contribution in [2.24, 2.45) is 0 Å². The highest BCUT2D eigenvalue weighted by Gasteiger charge is 2.40. The average molecular weight is 704 g/mol. The van der Waals surface area contributed by atoms with E-state index in [1.807, 2.05) is 53.8 Å². The van der Waals surface area contributed by atoms with E-state index >= 15 is 0 Å². The fourth-order valence-electron chi connectivity index (χ4n) is 5.29. The Balaban J connectivity index is 1.68. The van der Waals surface area contributed by atoms with Crippen LogP contribution in [0.5, 0.6) is 11.5 Å². The predicted molar refractivity (Wildman–Crippen MR) is 171 cm³/mol. The van der Waals surface area contributed by atoms with Crippen molar-refractivity contribution in [1.82, 2.24) is 15.2 Å². The number of aldehydes is 1. The summed E-state index contributed by atoms with van der Waals surface area (Å²) >= 11 is 2.03. The van der Waals surface area contributed by atoms with Crippen molar-refractivity contribution in [2.75, 3.05) is 26.8 Å². The van der Waals surface area contributed by atoms with Crippen molar-refractivity contribution in [3.8, 4) is 11.5 Å². The second-order valence-electron chi connectivity index (χ2n) is 10.5. The zero-order valence-corrected chi connectivity index (χ0v) is 26.5. The molecule has 0 spiro atoms. The van der Waals surface area contributed by atoms with Gasteiger partial charge in [0.1, 0.15) is 18.5 Å². The number of aromatic amines is 1. The number of ether oxygens (including phenoxy) is 2. The number of fused-ring (bicyclic) bond motifs is 1. The van der Waals surface area contributed by atoms with E-state index in [0.29, 0.717) is 58.3 Å². The molecular formula is C32H38IN3O7. The third-order valence-corrected chi connectivity index (χ3v) is 8.33. The number of hydrogen-bond acceptors (Lipinski definition) is 7. The second kappa shape index (κ2) is 15.3. The predicted octanol–water partition coefficient (Wildman–Crippen LogP) is 3.77. The third-order valence-electron chi connectivity index (χ3n) is 7.53. The van der Waals surface area contributed by atoms with Gasteiger partial charge in [0.25, 0.3) is 0 Å². The summed E-state index contributed by atoms with van der Waals surface area (Å²) in [6.45, 7) is 2.17. The Hall–Kier alpha value is -3.42. The normalized spacial score (nSPS) is 18.2. The molecule has 230 valence electrons. The van der Waals surface area contributed by atoms with Crippen LogP contribution < -0.4 is 14.8 Å². The molecule has 1 aliphatic rings. The van der Waals surface area contributed by atoms with Gasteiger partial charge in [0.05, 0.1) is 23.3 Å². The Morgan fingerprint density at radius 1 is 1.23 bits per heavy atom. The van der Waals surface area contributed by atoms with E-state index in [-0.39, 0.29) is 25.5 Å². The van der Waals surface area contributed by atoms with Crippen LogP contribution in [0.25, 0.3) is 10.9 Å². The molecule has 0 radical (unpaired) electrons. The van der Waals surface area contributed by atoms with Gasteiger partial charge in [0.2, 0.25) is 11.8 Å². The van der Waals surface area contributed by atoms with Crippen molar-refractivity contribution in [2.45, 2.75) is 57.3 Å². The van der Waals surface area contributed by atoms with Crippen LogP contribution in [-0.4, -0.2) is 83.3 Å². The van der Waals surface area contributed by atoms with Gasteiger partial charge >= 0.3 is 0 Å². The molecule has 0 aliphatic heterocycles. The van der Waals surface area contributed by atoms with Gasteiger partial charge in [-0.1, -0.05) is 31.5 Å². The highest BCUT2D eigenvalue weighted by atomic mass is 127. The number of aliphatic hydroxyl groups excluding tert-OH is 2. The number of amides is 2. The van der Waals surface area contributed by atoms with Crippen LogP contribution in [0.3, 0.4) is 0 Å². The van der Waals surface area contributed by atoms with Crippen molar-refractivity contribution in [3.05, 3.63) is 68.9 Å². The number of nitrogens with zero attached hydrogens (tertiary/aromatic N) is 1. The second-order valence-corrected chi connectivity index (χ2v) is 11.7. The molecule has 0 fully saturated rings. The summed E-state index contributed by atoms with van der Waals surface area (Å²) in [5, 5.41) is 24.7. The minimum atomic E-state index is -1.17. The number of methoxy groups -OCH3 is 1. The highest BCUT2D eigenvalue weighted by molar-refractivity contribution is 14.1. The van der Waals surface area contributed by atoms with Gasteiger partial charge in [-0.15, -0.1) is 0 Å². The van der Waals surface area contributed by atoms with E-state index in [4.69, 9.17) is 9.47 Å². The summed E-state index contributed by atoms with van der Waals surface area (Å²) in [5.41, 5.74) is 2.70. The topological polar surface area (TPSA) is 141 Å². The first-order valence-electron chi connectivity index (χ1n) is 14.4. The van der Waals surface area contributed by atoms with Crippen LogP contribution in [0.15, 0.2) is 54.1 Å². The van der Waals surface area contributed by atoms with E-state index < -0.39 is 24.2 Å². The lowest BCUT2D eigenvalue weighted by molar-refractivity contribution is -0.138. The Kier molecular flexibility index (Phi) is 11.6. The van der Waals surface area contributed by atoms with Gasteiger partial charge in [0.15, 0.2) is 11.5 Å². The molecule has 0 saturated heterocycles. The number of carbonyl (C=O) groups is 3. The maximum absolute atomic E-state index is 13.6. The lowest BCUT2D eigenvalue weighted by Gasteiger charge is -2.40. The first kappa shape index (κ1) is 32.5. The molecule has 3 unspecified atom stereocenters. The maximum Gasteiger partial charge on any atom is 0.247 e. The number of aliphatic hydroxyl groups is 2. The molecule has 1 aliphatic carbocycles. The van der Waals surface area contributed by atoms with Crippen LogP contribution in [0, 0.1) is 3.57 Å². The third kappa shape index (κ3) is 7.95. The first-order valence-corrected chi connectivity index (χ1v) is 15.5. The average Bonchev–Trinajstić information content (AvgIpc) is 3.44. The molecule has 4 rings (SSSR count). The van der Waals surface area contributed by atoms with Gasteiger partial charge in [-0.2, -0.15) is 0 Å². The van der Waals surface area contributed by atoms with Crippen molar-refractivity contribution in [1.29, 1.82) is 0 Å². The fourth-order valence-corrected chi connectivity index (χ4v) is 6.05. The number of benzene rings is 2. The number of hydrogen-bond donors (Lipinski definition) is 4. The molecule has 0 saturated carbocycles. The molecule has 43 heavy (non-hydrogen) atoms. The number of H-pyrrole nitrogens is 1. The summed E-state index contributed by atoms with van der Waals surface area (Å²) in [5.74, 6) is 0.0961. The number of carbonyl (C=O) groups excluding carboxylic acids is 3. The van der Waals surface area contributed by atoms with Crippen LogP contribution >= 0.6 is 22.6 Å². The Morgan fingerprint density at radius 3 is 2.72 bits per heavy atom. The number of rotatable bonds is 14. The zero-order chi connectivity index (χ0) is 30.9. The molecule has 4 N–H and O–H groups in total. The fraction of sp³-hybridized carbons (Fsp3) is 0.406. The van der Waals surface area contributed by atoms with Gasteiger partial charge in [-0.25, -0.2) is 0 Å². The summed E-state index contributed by atoms with van der Waals surface area (Å²) in [6.07, 6.45) is 2.57. The summed E-state index contributed by atoms with van der Waals surface area (Å²) in [7, 11) is 1.45. The quantitative estimate of drug-likeness (QED) is 0.148. The molecule has 3 atom stereocenters. The summed E-state index contributed by atoms with van der Waals surface area (Å²) in [4.78, 5) is 43.2.